The Morgan fingerprint density at radius 2 is 2.04 bits per heavy atom. The van der Waals surface area contributed by atoms with Crippen LogP contribution in [-0.2, 0) is 11.3 Å². The van der Waals surface area contributed by atoms with Gasteiger partial charge in [-0.15, -0.1) is 0 Å². The topological polar surface area (TPSA) is 52.6 Å². The Kier molecular flexibility index (Phi) is 4.90. The minimum absolute atomic E-state index is 0.100. The molecule has 2 aliphatic rings. The Morgan fingerprint density at radius 3 is 2.70 bits per heavy atom. The number of amides is 1. The van der Waals surface area contributed by atoms with Gasteiger partial charge in [0.1, 0.15) is 5.82 Å². The molecule has 0 aromatic heterocycles. The van der Waals surface area contributed by atoms with Crippen LogP contribution in [0.25, 0.3) is 0 Å². The predicted octanol–water partition coefficient (Wildman–Crippen LogP) is 2.19. The van der Waals surface area contributed by atoms with Gasteiger partial charge in [0, 0.05) is 31.6 Å². The number of benzene rings is 1. The summed E-state index contributed by atoms with van der Waals surface area (Å²) in [6.07, 6.45) is 1.02. The molecule has 2 fully saturated rings. The second-order valence-electron chi connectivity index (χ2n) is 6.84. The fraction of sp³-hybridized carbons (Fsp3) is 0.588. The van der Waals surface area contributed by atoms with E-state index in [1.807, 2.05) is 0 Å². The summed E-state index contributed by atoms with van der Waals surface area (Å²) in [6.45, 7) is 3.93. The number of likely N-dealkylation sites (tertiary alicyclic amines) is 1. The molecule has 0 bridgehead atoms. The number of carbonyl (C=O) groups excluding carboxylic acids is 1. The fourth-order valence-electron chi connectivity index (χ4n) is 4.03. The van der Waals surface area contributed by atoms with E-state index in [0.717, 1.165) is 25.1 Å². The summed E-state index contributed by atoms with van der Waals surface area (Å²) in [5, 5.41) is 13.5. The monoisotopic (exact) mass is 340 g/mol. The molecule has 1 amide bonds. The Labute approximate surface area is 140 Å². The van der Waals surface area contributed by atoms with Crippen molar-refractivity contribution in [1.82, 2.24) is 10.2 Å². The zero-order valence-electron chi connectivity index (χ0n) is 13.1. The second-order valence-corrected chi connectivity index (χ2v) is 7.27. The molecule has 0 spiro atoms. The zero-order chi connectivity index (χ0) is 16.6. The van der Waals surface area contributed by atoms with Gasteiger partial charge in [-0.1, -0.05) is 11.6 Å². The van der Waals surface area contributed by atoms with Gasteiger partial charge in [0.2, 0.25) is 5.91 Å². The van der Waals surface area contributed by atoms with Gasteiger partial charge >= 0.3 is 0 Å². The maximum absolute atomic E-state index is 13.4. The summed E-state index contributed by atoms with van der Waals surface area (Å²) in [5.74, 6) is 0.473. The standard InChI is InChI=1S/C17H22ClFN2O2/c1-10(22)20-16-4-12-8-21(9-13(12)5-17(16)23)7-11-2-14(18)6-15(19)3-11/h2-3,6,12-13,16-17,23H,4-5,7-9H2,1H3,(H,20,22)/t12-,13+,16-,17-/m1/s1. The van der Waals surface area contributed by atoms with Gasteiger partial charge in [-0.2, -0.15) is 0 Å². The number of nitrogens with one attached hydrogen (secondary N) is 1. The van der Waals surface area contributed by atoms with E-state index in [9.17, 15) is 14.3 Å². The minimum atomic E-state index is -0.483. The van der Waals surface area contributed by atoms with Crippen molar-refractivity contribution in [2.24, 2.45) is 11.8 Å². The van der Waals surface area contributed by atoms with Gasteiger partial charge in [0.15, 0.2) is 0 Å². The molecule has 1 heterocycles. The van der Waals surface area contributed by atoms with E-state index in [1.54, 1.807) is 6.07 Å². The molecule has 1 aromatic carbocycles. The van der Waals surface area contributed by atoms with E-state index in [4.69, 9.17) is 11.6 Å². The number of carbonyl (C=O) groups is 1. The maximum Gasteiger partial charge on any atom is 0.217 e. The van der Waals surface area contributed by atoms with Crippen LogP contribution >= 0.6 is 11.6 Å². The molecule has 0 unspecified atom stereocenters. The van der Waals surface area contributed by atoms with Crippen LogP contribution in [0.4, 0.5) is 4.39 Å². The van der Waals surface area contributed by atoms with Crippen LogP contribution in [-0.4, -0.2) is 41.1 Å². The quantitative estimate of drug-likeness (QED) is 0.887. The van der Waals surface area contributed by atoms with E-state index in [2.05, 4.69) is 10.2 Å². The first kappa shape index (κ1) is 16.7. The van der Waals surface area contributed by atoms with Gasteiger partial charge < -0.3 is 10.4 Å². The van der Waals surface area contributed by atoms with E-state index in [-0.39, 0.29) is 17.8 Å². The van der Waals surface area contributed by atoms with Crippen molar-refractivity contribution in [1.29, 1.82) is 0 Å². The van der Waals surface area contributed by atoms with Crippen LogP contribution in [0.1, 0.15) is 25.3 Å². The Balaban J connectivity index is 1.62. The number of hydrogen-bond donors (Lipinski definition) is 2. The van der Waals surface area contributed by atoms with Crippen molar-refractivity contribution in [3.63, 3.8) is 0 Å². The van der Waals surface area contributed by atoms with E-state index >= 15 is 0 Å². The molecule has 6 heteroatoms. The maximum atomic E-state index is 13.4. The third-order valence-electron chi connectivity index (χ3n) is 4.93. The molecule has 4 nitrogen and oxygen atoms in total. The predicted molar refractivity (Wildman–Crippen MR) is 86.5 cm³/mol. The number of nitrogens with zero attached hydrogens (tertiary/aromatic N) is 1. The molecule has 1 aromatic rings. The third-order valence-corrected chi connectivity index (χ3v) is 5.15. The number of rotatable bonds is 3. The van der Waals surface area contributed by atoms with Crippen LogP contribution in [0, 0.1) is 17.7 Å². The van der Waals surface area contributed by atoms with Crippen molar-refractivity contribution in [3.8, 4) is 0 Å². The lowest BCUT2D eigenvalue weighted by atomic mass is 9.77. The molecule has 1 aliphatic heterocycles. The molecule has 2 N–H and O–H groups in total. The first-order valence-corrected chi connectivity index (χ1v) is 8.41. The number of halogens is 2. The number of aliphatic hydroxyl groups is 1. The van der Waals surface area contributed by atoms with Crippen molar-refractivity contribution >= 4 is 17.5 Å². The van der Waals surface area contributed by atoms with Gasteiger partial charge in [-0.3, -0.25) is 9.69 Å². The molecular weight excluding hydrogens is 319 g/mol. The molecule has 1 aliphatic carbocycles. The van der Waals surface area contributed by atoms with Crippen LogP contribution in [0.5, 0.6) is 0 Å². The van der Waals surface area contributed by atoms with Gasteiger partial charge in [-0.05, 0) is 48.4 Å². The molecule has 3 rings (SSSR count). The highest BCUT2D eigenvalue weighted by Crippen LogP contribution is 2.37. The van der Waals surface area contributed by atoms with Crippen LogP contribution < -0.4 is 5.32 Å². The average Bonchev–Trinajstić information content (AvgIpc) is 2.78. The Hall–Kier alpha value is -1.17. The molecule has 126 valence electrons. The van der Waals surface area contributed by atoms with Crippen molar-refractivity contribution in [3.05, 3.63) is 34.6 Å². The molecular formula is C17H22ClFN2O2. The molecule has 23 heavy (non-hydrogen) atoms. The first-order chi connectivity index (χ1) is 10.9. The summed E-state index contributed by atoms with van der Waals surface area (Å²) >= 11 is 5.91. The second kappa shape index (κ2) is 6.75. The lowest BCUT2D eigenvalue weighted by Crippen LogP contribution is -2.48. The number of hydrogen-bond acceptors (Lipinski definition) is 3. The van der Waals surface area contributed by atoms with Gasteiger partial charge in [0.05, 0.1) is 12.1 Å². The van der Waals surface area contributed by atoms with Crippen LogP contribution in [0.15, 0.2) is 18.2 Å². The Bertz CT molecular complexity index is 578. The highest BCUT2D eigenvalue weighted by Gasteiger charge is 2.41. The van der Waals surface area contributed by atoms with E-state index in [0.29, 0.717) is 29.8 Å². The van der Waals surface area contributed by atoms with E-state index in [1.165, 1.54) is 19.1 Å². The molecule has 1 saturated carbocycles. The highest BCUT2D eigenvalue weighted by molar-refractivity contribution is 6.30. The molecule has 4 atom stereocenters. The minimum Gasteiger partial charge on any atom is -0.391 e. The van der Waals surface area contributed by atoms with Crippen LogP contribution in [0.2, 0.25) is 5.02 Å². The van der Waals surface area contributed by atoms with E-state index < -0.39 is 6.10 Å². The number of aliphatic hydroxyl groups excluding tert-OH is 1. The SMILES string of the molecule is CC(=O)N[C@@H]1C[C@@H]2CN(Cc3cc(F)cc(Cl)c3)C[C@@H]2C[C@H]1O. The van der Waals surface area contributed by atoms with Crippen molar-refractivity contribution in [2.45, 2.75) is 38.5 Å². The van der Waals surface area contributed by atoms with Gasteiger partial charge in [-0.25, -0.2) is 4.39 Å². The Morgan fingerprint density at radius 1 is 1.35 bits per heavy atom. The zero-order valence-corrected chi connectivity index (χ0v) is 13.9. The normalized spacial score (nSPS) is 31.0. The summed E-state index contributed by atoms with van der Waals surface area (Å²) in [6, 6.07) is 4.46. The summed E-state index contributed by atoms with van der Waals surface area (Å²) in [4.78, 5) is 13.5. The van der Waals surface area contributed by atoms with Crippen LogP contribution in [0.3, 0.4) is 0 Å². The first-order valence-electron chi connectivity index (χ1n) is 8.03. The van der Waals surface area contributed by atoms with Gasteiger partial charge in [0.25, 0.3) is 0 Å². The molecule has 0 radical (unpaired) electrons. The summed E-state index contributed by atoms with van der Waals surface area (Å²) < 4.78 is 13.4. The lowest BCUT2D eigenvalue weighted by molar-refractivity contribution is -0.121. The smallest absolute Gasteiger partial charge is 0.217 e. The van der Waals surface area contributed by atoms with Crippen molar-refractivity contribution in [2.75, 3.05) is 13.1 Å². The fourth-order valence-corrected chi connectivity index (χ4v) is 4.28. The summed E-state index contributed by atoms with van der Waals surface area (Å²) in [5.41, 5.74) is 0.868. The summed E-state index contributed by atoms with van der Waals surface area (Å²) in [7, 11) is 0. The average molecular weight is 341 g/mol. The largest absolute Gasteiger partial charge is 0.391 e. The van der Waals surface area contributed by atoms with Crippen molar-refractivity contribution < 1.29 is 14.3 Å². The molecule has 1 saturated heterocycles. The third kappa shape index (κ3) is 4.03. The lowest BCUT2D eigenvalue weighted by Gasteiger charge is -2.35. The highest BCUT2D eigenvalue weighted by atomic mass is 35.5. The number of fused-ring (bicyclic) bond motifs is 1.